The molecule has 2 aromatic rings. The molecule has 0 unspecified atom stereocenters. The van der Waals surface area contributed by atoms with Crippen LogP contribution >= 0.6 is 0 Å². The molecule has 5 nitrogen and oxygen atoms in total. The molecular weight excluding hydrogens is 349 g/mol. The second-order valence-corrected chi connectivity index (χ2v) is 5.36. The molecular formula is C18H17F3N2O3. The van der Waals surface area contributed by atoms with Gasteiger partial charge < -0.3 is 15.4 Å². The number of carbonyl (C=O) groups excluding carboxylic acids is 2. The normalized spacial score (nSPS) is 10.3. The van der Waals surface area contributed by atoms with E-state index in [4.69, 9.17) is 4.74 Å². The predicted molar refractivity (Wildman–Crippen MR) is 89.3 cm³/mol. The molecule has 0 saturated heterocycles. The fraction of sp³-hybridized carbons (Fsp3) is 0.222. The molecule has 2 amide bonds. The first-order chi connectivity index (χ1) is 12.4. The molecule has 0 atom stereocenters. The van der Waals surface area contributed by atoms with E-state index in [0.29, 0.717) is 18.2 Å². The minimum Gasteiger partial charge on any atom is -0.496 e. The van der Waals surface area contributed by atoms with Gasteiger partial charge in [0, 0.05) is 6.42 Å². The molecule has 0 fully saturated rings. The average Bonchev–Trinajstić information content (AvgIpc) is 2.65. The highest BCUT2D eigenvalue weighted by Gasteiger charge is 2.15. The number of rotatable bonds is 7. The van der Waals surface area contributed by atoms with Crippen LogP contribution in [-0.4, -0.2) is 25.5 Å². The van der Waals surface area contributed by atoms with Crippen molar-refractivity contribution in [1.82, 2.24) is 5.32 Å². The summed E-state index contributed by atoms with van der Waals surface area (Å²) in [6.07, 6.45) is 0.530. The molecule has 0 spiro atoms. The maximum Gasteiger partial charge on any atom is 0.243 e. The van der Waals surface area contributed by atoms with Crippen molar-refractivity contribution in [2.45, 2.75) is 12.8 Å². The Hall–Kier alpha value is -3.03. The van der Waals surface area contributed by atoms with E-state index in [2.05, 4.69) is 10.6 Å². The number of hydrogen-bond acceptors (Lipinski definition) is 3. The van der Waals surface area contributed by atoms with Crippen molar-refractivity contribution in [1.29, 1.82) is 0 Å². The van der Waals surface area contributed by atoms with Crippen LogP contribution < -0.4 is 15.4 Å². The summed E-state index contributed by atoms with van der Waals surface area (Å²) in [6, 6.07) is 8.82. The maximum absolute atomic E-state index is 13.5. The molecule has 0 radical (unpaired) electrons. The minimum atomic E-state index is -1.68. The summed E-state index contributed by atoms with van der Waals surface area (Å²) in [4.78, 5) is 23.5. The fourth-order valence-corrected chi connectivity index (χ4v) is 2.24. The second-order valence-electron chi connectivity index (χ2n) is 5.36. The summed E-state index contributed by atoms with van der Waals surface area (Å²) in [5.41, 5.74) is 0.343. The summed E-state index contributed by atoms with van der Waals surface area (Å²) in [6.45, 7) is -0.427. The van der Waals surface area contributed by atoms with Crippen LogP contribution in [0.2, 0.25) is 0 Å². The number of methoxy groups -OCH3 is 1. The number of hydrogen-bond donors (Lipinski definition) is 2. The molecule has 138 valence electrons. The summed E-state index contributed by atoms with van der Waals surface area (Å²) in [5, 5.41) is 4.44. The number of aryl methyl sites for hydroxylation is 1. The number of amides is 2. The van der Waals surface area contributed by atoms with Crippen LogP contribution in [0.5, 0.6) is 5.75 Å². The molecule has 0 saturated carbocycles. The number of carbonyl (C=O) groups is 2. The molecule has 0 aromatic heterocycles. The molecule has 0 aliphatic heterocycles. The van der Waals surface area contributed by atoms with Crippen LogP contribution in [0.3, 0.4) is 0 Å². The van der Waals surface area contributed by atoms with Crippen molar-refractivity contribution in [2.24, 2.45) is 0 Å². The van der Waals surface area contributed by atoms with Crippen LogP contribution in [0, 0.1) is 17.5 Å². The van der Waals surface area contributed by atoms with Gasteiger partial charge in [-0.2, -0.15) is 0 Å². The number of nitrogens with one attached hydrogen (secondary N) is 2. The monoisotopic (exact) mass is 366 g/mol. The van der Waals surface area contributed by atoms with Gasteiger partial charge in [0.15, 0.2) is 17.5 Å². The number of benzene rings is 2. The van der Waals surface area contributed by atoms with Crippen molar-refractivity contribution in [3.8, 4) is 5.75 Å². The van der Waals surface area contributed by atoms with E-state index in [1.54, 1.807) is 6.07 Å². The van der Waals surface area contributed by atoms with E-state index in [-0.39, 0.29) is 6.42 Å². The number of ether oxygens (including phenoxy) is 1. The summed E-state index contributed by atoms with van der Waals surface area (Å²) < 4.78 is 44.6. The smallest absolute Gasteiger partial charge is 0.243 e. The van der Waals surface area contributed by atoms with Crippen molar-refractivity contribution in [2.75, 3.05) is 19.0 Å². The van der Waals surface area contributed by atoms with E-state index in [1.165, 1.54) is 7.11 Å². The van der Waals surface area contributed by atoms with Gasteiger partial charge in [-0.3, -0.25) is 9.59 Å². The standard InChI is InChI=1S/C18H17F3N2O3/c1-26-14-5-3-2-4-11(14)6-9-15(24)22-10-16(25)23-13-8-7-12(19)17(20)18(13)21/h2-5,7-8H,6,9-10H2,1H3,(H,22,24)(H,23,25). The van der Waals surface area contributed by atoms with Crippen LogP contribution in [-0.2, 0) is 16.0 Å². The maximum atomic E-state index is 13.5. The lowest BCUT2D eigenvalue weighted by Crippen LogP contribution is -2.33. The molecule has 0 aliphatic rings. The summed E-state index contributed by atoms with van der Waals surface area (Å²) >= 11 is 0. The van der Waals surface area contributed by atoms with E-state index in [1.807, 2.05) is 18.2 Å². The first-order valence-electron chi connectivity index (χ1n) is 7.74. The van der Waals surface area contributed by atoms with Gasteiger partial charge in [0.2, 0.25) is 11.8 Å². The zero-order valence-corrected chi connectivity index (χ0v) is 13.9. The van der Waals surface area contributed by atoms with Crippen LogP contribution in [0.25, 0.3) is 0 Å². The highest BCUT2D eigenvalue weighted by molar-refractivity contribution is 5.94. The Morgan fingerprint density at radius 2 is 1.73 bits per heavy atom. The lowest BCUT2D eigenvalue weighted by Gasteiger charge is -2.09. The number of para-hydroxylation sites is 1. The van der Waals surface area contributed by atoms with E-state index >= 15 is 0 Å². The molecule has 2 N–H and O–H groups in total. The van der Waals surface area contributed by atoms with E-state index in [9.17, 15) is 22.8 Å². The highest BCUT2D eigenvalue weighted by Crippen LogP contribution is 2.20. The van der Waals surface area contributed by atoms with Crippen molar-refractivity contribution >= 4 is 17.5 Å². The molecule has 2 rings (SSSR count). The Balaban J connectivity index is 1.82. The van der Waals surface area contributed by atoms with Gasteiger partial charge in [0.25, 0.3) is 0 Å². The van der Waals surface area contributed by atoms with Gasteiger partial charge in [-0.15, -0.1) is 0 Å². The molecule has 0 bridgehead atoms. The lowest BCUT2D eigenvalue weighted by molar-refractivity contribution is -0.124. The minimum absolute atomic E-state index is 0.118. The Labute approximate surface area is 148 Å². The van der Waals surface area contributed by atoms with Crippen LogP contribution in [0.4, 0.5) is 18.9 Å². The van der Waals surface area contributed by atoms with Gasteiger partial charge in [0.05, 0.1) is 19.3 Å². The summed E-state index contributed by atoms with van der Waals surface area (Å²) in [5.74, 6) is -5.03. The van der Waals surface area contributed by atoms with Gasteiger partial charge in [-0.05, 0) is 30.2 Å². The zero-order chi connectivity index (χ0) is 19.1. The molecule has 8 heteroatoms. The van der Waals surface area contributed by atoms with Crippen LogP contribution in [0.1, 0.15) is 12.0 Å². The molecule has 0 aliphatic carbocycles. The third kappa shape index (κ3) is 4.98. The van der Waals surface area contributed by atoms with Crippen molar-refractivity contribution < 1.29 is 27.5 Å². The molecule has 26 heavy (non-hydrogen) atoms. The van der Waals surface area contributed by atoms with Gasteiger partial charge in [-0.1, -0.05) is 18.2 Å². The van der Waals surface area contributed by atoms with E-state index < -0.39 is 41.5 Å². The van der Waals surface area contributed by atoms with E-state index in [0.717, 1.165) is 11.6 Å². The quantitative estimate of drug-likeness (QED) is 0.741. The highest BCUT2D eigenvalue weighted by atomic mass is 19.2. The number of anilines is 1. The largest absolute Gasteiger partial charge is 0.496 e. The Bertz CT molecular complexity index is 812. The predicted octanol–water partition coefficient (Wildman–Crippen LogP) is 2.80. The number of halogens is 3. The van der Waals surface area contributed by atoms with Gasteiger partial charge in [0.1, 0.15) is 5.75 Å². The van der Waals surface area contributed by atoms with Gasteiger partial charge >= 0.3 is 0 Å². The zero-order valence-electron chi connectivity index (χ0n) is 13.9. The van der Waals surface area contributed by atoms with Crippen molar-refractivity contribution in [3.05, 3.63) is 59.4 Å². The Kier molecular flexibility index (Phi) is 6.60. The second kappa shape index (κ2) is 8.89. The molecule has 0 heterocycles. The van der Waals surface area contributed by atoms with Crippen molar-refractivity contribution in [3.63, 3.8) is 0 Å². The third-order valence-electron chi connectivity index (χ3n) is 3.57. The van der Waals surface area contributed by atoms with Gasteiger partial charge in [-0.25, -0.2) is 13.2 Å². The SMILES string of the molecule is COc1ccccc1CCC(=O)NCC(=O)Nc1ccc(F)c(F)c1F. The fourth-order valence-electron chi connectivity index (χ4n) is 2.24. The molecule has 2 aromatic carbocycles. The average molecular weight is 366 g/mol. The summed E-state index contributed by atoms with van der Waals surface area (Å²) in [7, 11) is 1.53. The lowest BCUT2D eigenvalue weighted by atomic mass is 10.1. The topological polar surface area (TPSA) is 67.4 Å². The first-order valence-corrected chi connectivity index (χ1v) is 7.74. The third-order valence-corrected chi connectivity index (χ3v) is 3.57. The van der Waals surface area contributed by atoms with Crippen LogP contribution in [0.15, 0.2) is 36.4 Å². The Morgan fingerprint density at radius 1 is 1.00 bits per heavy atom. The first kappa shape index (κ1) is 19.3. The Morgan fingerprint density at radius 3 is 2.46 bits per heavy atom.